The van der Waals surface area contributed by atoms with Crippen molar-refractivity contribution in [3.05, 3.63) is 7.43 Å². The fraction of sp³-hybridized carbons (Fsp3) is 0.640. The van der Waals surface area contributed by atoms with E-state index in [0.717, 1.165) is 7.11 Å². The van der Waals surface area contributed by atoms with E-state index in [4.69, 9.17) is 10.2 Å². The van der Waals surface area contributed by atoms with E-state index < -0.39 is 23.8 Å². The second-order valence-corrected chi connectivity index (χ2v) is 7.34. The highest BCUT2D eigenvalue weighted by Crippen LogP contribution is 2.12. The minimum atomic E-state index is -0.822. The number of aliphatic carboxylic acids is 1. The molecule has 0 atom stereocenters. The first-order valence-corrected chi connectivity index (χ1v) is 12.2. The normalized spacial score (nSPS) is 10.3. The maximum Gasteiger partial charge on any atom is 0.332 e. The van der Waals surface area contributed by atoms with Crippen molar-refractivity contribution in [3.8, 4) is 0 Å². The van der Waals surface area contributed by atoms with Gasteiger partial charge in [0.05, 0.1) is 19.6 Å². The third-order valence-corrected chi connectivity index (χ3v) is 3.45. The van der Waals surface area contributed by atoms with Crippen LogP contribution in [-0.4, -0.2) is 110 Å². The molecule has 1 aliphatic rings. The summed E-state index contributed by atoms with van der Waals surface area (Å²) in [5, 5.41) is 23.0. The number of carbonyl (C=O) groups is 8. The number of aliphatic hydroxyl groups is 1. The summed E-state index contributed by atoms with van der Waals surface area (Å²) in [4.78, 5) is 86.9. The lowest BCUT2D eigenvalue weighted by molar-refractivity contribution is -0.354. The average Bonchev–Trinajstić information content (AvgIpc) is 3.21. The summed E-state index contributed by atoms with van der Waals surface area (Å²) in [6.07, 6.45) is 0.857. The Hall–Kier alpha value is -3.60. The molecule has 0 bridgehead atoms. The van der Waals surface area contributed by atoms with Gasteiger partial charge < -0.3 is 44.2 Å². The molecule has 16 nitrogen and oxygen atoms in total. The number of aliphatic hydroxyl groups excluding tert-OH is 1. The molecule has 41 heavy (non-hydrogen) atoms. The van der Waals surface area contributed by atoms with Gasteiger partial charge in [-0.3, -0.25) is 33.6 Å². The highest BCUT2D eigenvalue weighted by Gasteiger charge is 2.32. The summed E-state index contributed by atoms with van der Waals surface area (Å²) in [5.41, 5.74) is 3.34. The van der Waals surface area contributed by atoms with Crippen molar-refractivity contribution in [1.29, 1.82) is 0 Å². The zero-order valence-electron chi connectivity index (χ0n) is 25.9. The van der Waals surface area contributed by atoms with Crippen molar-refractivity contribution in [1.82, 2.24) is 21.0 Å². The molecule has 0 aromatic rings. The molecule has 1 rings (SSSR count). The van der Waals surface area contributed by atoms with E-state index >= 15 is 0 Å². The summed E-state index contributed by atoms with van der Waals surface area (Å²) in [6.45, 7) is 8.95. The molecule has 1 heterocycles. The first-order valence-electron chi connectivity index (χ1n) is 12.2. The predicted octanol–water partition coefficient (Wildman–Crippen LogP) is -1.93. The Morgan fingerprint density at radius 2 is 1.20 bits per heavy atom. The summed E-state index contributed by atoms with van der Waals surface area (Å²) in [5.74, 6) is -2.05. The Labute approximate surface area is 242 Å². The summed E-state index contributed by atoms with van der Waals surface area (Å²) < 4.78 is 0. The molecule has 8 N–H and O–H groups in total. The molecule has 0 unspecified atom stereocenters. The molecule has 0 aromatic carbocycles. The highest BCUT2D eigenvalue weighted by molar-refractivity contribution is 6.01. The second kappa shape index (κ2) is 36.4. The van der Waals surface area contributed by atoms with Crippen molar-refractivity contribution in [2.45, 2.75) is 60.3 Å². The van der Waals surface area contributed by atoms with E-state index in [-0.39, 0.29) is 63.0 Å². The lowest BCUT2D eigenvalue weighted by Crippen LogP contribution is -2.53. The zero-order valence-corrected chi connectivity index (χ0v) is 25.9. The quantitative estimate of drug-likeness (QED) is 0.119. The van der Waals surface area contributed by atoms with Crippen LogP contribution in [0.25, 0.3) is 0 Å². The van der Waals surface area contributed by atoms with Gasteiger partial charge in [-0.05, 0) is 27.9 Å². The molecule has 1 fully saturated rings. The van der Waals surface area contributed by atoms with Crippen LogP contribution in [0.1, 0.15) is 60.3 Å². The summed E-state index contributed by atoms with van der Waals surface area (Å²) >= 11 is 0. The third-order valence-electron chi connectivity index (χ3n) is 3.45. The third kappa shape index (κ3) is 46.6. The molecule has 1 saturated heterocycles. The van der Waals surface area contributed by atoms with E-state index in [0.29, 0.717) is 24.6 Å². The van der Waals surface area contributed by atoms with Crippen LogP contribution in [-0.2, 0) is 43.2 Å². The number of likely N-dealkylation sites (N-methyl/N-ethyl adjacent to an activating group) is 2. The lowest BCUT2D eigenvalue weighted by atomic mass is 10.4. The van der Waals surface area contributed by atoms with Gasteiger partial charge in [-0.1, -0.05) is 13.8 Å². The minimum Gasteiger partial charge on any atom is -0.480 e. The van der Waals surface area contributed by atoms with Gasteiger partial charge in [0.2, 0.25) is 5.91 Å². The van der Waals surface area contributed by atoms with Crippen LogP contribution in [0.2, 0.25) is 0 Å². The largest absolute Gasteiger partial charge is 0.480 e. The first kappa shape index (κ1) is 50.3. The number of quaternary nitrogens is 1. The van der Waals surface area contributed by atoms with Gasteiger partial charge in [0, 0.05) is 39.7 Å². The van der Waals surface area contributed by atoms with E-state index in [9.17, 15) is 38.4 Å². The molecule has 0 aromatic heterocycles. The number of hydroxylamine groups is 2. The van der Waals surface area contributed by atoms with Crippen LogP contribution >= 0.6 is 0 Å². The number of carboxylic acids is 1. The zero-order chi connectivity index (χ0) is 32.7. The number of carbonyl (C=O) groups excluding carboxylic acids is 7. The highest BCUT2D eigenvalue weighted by atomic mass is 16.7. The Morgan fingerprint density at radius 3 is 1.39 bits per heavy atom. The van der Waals surface area contributed by atoms with Crippen LogP contribution in [0.3, 0.4) is 0 Å². The standard InChI is InChI=1S/C7H9NO4.C6H11NO2.C4H9NO.C3H7NO2.C3H7NO.CH4O.CH3/c1-2-7(11)12-8-5(9)3-4-6(8)10;1-3-6(9)7-4-5(2)8;1-4(6)3-5-2;1-4-2-3(5)6;1-3(5)2-4;1-2;/h2-4H2,1H3;3-4H2,1-2H3,(H,7,9);5H,3H2,1-2H3;4H,2H2,1H3,(H,5,6);2,4H2,1H3;2H,1H3;1H3/q;;;;;;-1/p+1. The topological polar surface area (TPSA) is 253 Å². The Bertz CT molecular complexity index is 743. The molecule has 0 saturated carbocycles. The molecular formula is C25H51N5O11. The number of carboxylic acid groups (broad SMARTS) is 1. The second-order valence-electron chi connectivity index (χ2n) is 7.34. The molecule has 16 heteroatoms. The number of ketones is 3. The molecule has 0 radical (unpaired) electrons. The molecule has 0 aliphatic carbocycles. The van der Waals surface area contributed by atoms with Gasteiger partial charge in [-0.15, -0.1) is 5.06 Å². The fourth-order valence-corrected chi connectivity index (χ4v) is 1.57. The molecule has 3 amide bonds. The van der Waals surface area contributed by atoms with Gasteiger partial charge in [-0.25, -0.2) is 4.79 Å². The number of amides is 3. The summed E-state index contributed by atoms with van der Waals surface area (Å²) in [7, 11) is 4.34. The van der Waals surface area contributed by atoms with Gasteiger partial charge in [0.1, 0.15) is 18.1 Å². The maximum atomic E-state index is 10.9. The van der Waals surface area contributed by atoms with Crippen molar-refractivity contribution < 1.29 is 59.1 Å². The molecule has 1 aliphatic heterocycles. The number of imide groups is 1. The van der Waals surface area contributed by atoms with E-state index in [1.54, 1.807) is 34.9 Å². The van der Waals surface area contributed by atoms with Crippen LogP contribution in [0.15, 0.2) is 0 Å². The Morgan fingerprint density at radius 1 is 0.805 bits per heavy atom. The van der Waals surface area contributed by atoms with Crippen LogP contribution in [0.5, 0.6) is 0 Å². The van der Waals surface area contributed by atoms with Crippen molar-refractivity contribution in [3.63, 3.8) is 0 Å². The smallest absolute Gasteiger partial charge is 0.332 e. The van der Waals surface area contributed by atoms with Gasteiger partial charge >= 0.3 is 11.9 Å². The lowest BCUT2D eigenvalue weighted by Gasteiger charge is -2.10. The van der Waals surface area contributed by atoms with E-state index in [2.05, 4.69) is 26.5 Å². The fourth-order valence-electron chi connectivity index (χ4n) is 1.57. The maximum absolute atomic E-state index is 10.9. The predicted molar refractivity (Wildman–Crippen MR) is 151 cm³/mol. The van der Waals surface area contributed by atoms with Crippen LogP contribution < -0.4 is 21.7 Å². The molecule has 0 spiro atoms. The van der Waals surface area contributed by atoms with Crippen molar-refractivity contribution >= 4 is 47.0 Å². The van der Waals surface area contributed by atoms with Crippen molar-refractivity contribution in [2.75, 3.05) is 47.4 Å². The number of Topliss-reactive ketones (excluding diaryl/α,β-unsaturated/α-hetero) is 3. The minimum absolute atomic E-state index is 0. The van der Waals surface area contributed by atoms with Crippen LogP contribution in [0.4, 0.5) is 0 Å². The number of hydrogen-bond acceptors (Lipinski definition) is 12. The van der Waals surface area contributed by atoms with Crippen molar-refractivity contribution in [2.24, 2.45) is 0 Å². The van der Waals surface area contributed by atoms with Crippen LogP contribution in [0, 0.1) is 7.43 Å². The van der Waals surface area contributed by atoms with Gasteiger partial charge in [-0.2, -0.15) is 0 Å². The Kier molecular flexibility index (Phi) is 44.6. The first-order chi connectivity index (χ1) is 18.6. The van der Waals surface area contributed by atoms with Gasteiger partial charge in [0.25, 0.3) is 11.8 Å². The molecular weight excluding hydrogens is 546 g/mol. The number of nitrogens with zero attached hydrogens (tertiary/aromatic N) is 1. The monoisotopic (exact) mass is 597 g/mol. The Balaban J connectivity index is -0.0000000950. The number of nitrogens with one attached hydrogen (secondary N) is 3. The molecule has 242 valence electrons. The van der Waals surface area contributed by atoms with E-state index in [1.165, 1.54) is 13.8 Å². The number of rotatable bonds is 10. The van der Waals surface area contributed by atoms with Gasteiger partial charge in [0.15, 0.2) is 5.78 Å². The summed E-state index contributed by atoms with van der Waals surface area (Å²) in [6, 6.07) is 0. The average molecular weight is 598 g/mol. The number of hydrogen-bond donors (Lipinski definition) is 6. The van der Waals surface area contributed by atoms with E-state index in [1.807, 2.05) is 0 Å². The SMILES string of the molecule is CC(=O)C[NH3+].CCC(=O)NCC(C)=O.CCC(=O)ON1C(=O)CCC1=O.CNCC(=O)O.CNCC(C)=O.CO.[CH3-].